The fourth-order valence-corrected chi connectivity index (χ4v) is 4.25. The number of carbonyl (C=O) groups excluding carboxylic acids is 1. The van der Waals surface area contributed by atoms with Crippen LogP contribution in [0.1, 0.15) is 48.3 Å². The van der Waals surface area contributed by atoms with Crippen LogP contribution in [0.25, 0.3) is 0 Å². The summed E-state index contributed by atoms with van der Waals surface area (Å²) in [5.41, 5.74) is 3.60. The summed E-state index contributed by atoms with van der Waals surface area (Å²) in [4.78, 5) is 25.6. The lowest BCUT2D eigenvalue weighted by molar-refractivity contribution is -0.130. The molecule has 0 N–H and O–H groups in total. The third-order valence-electron chi connectivity index (χ3n) is 5.93. The Hall–Kier alpha value is -2.47. The number of rotatable bonds is 5. The normalized spacial score (nSPS) is 19.7. The van der Waals surface area contributed by atoms with Crippen molar-refractivity contribution in [3.8, 4) is 5.75 Å². The molecule has 0 bridgehead atoms. The summed E-state index contributed by atoms with van der Waals surface area (Å²) in [6.07, 6.45) is 5.03. The van der Waals surface area contributed by atoms with E-state index >= 15 is 0 Å². The van der Waals surface area contributed by atoms with Gasteiger partial charge in [0.25, 0.3) is 0 Å². The molecule has 2 aliphatic heterocycles. The molecule has 154 valence electrons. The van der Waals surface area contributed by atoms with Gasteiger partial charge < -0.3 is 9.64 Å². The number of hydrogen-bond donors (Lipinski definition) is 0. The van der Waals surface area contributed by atoms with Crippen LogP contribution in [0, 0.1) is 6.92 Å². The molecule has 3 heterocycles. The number of ether oxygens (including phenoxy) is 1. The van der Waals surface area contributed by atoms with Gasteiger partial charge in [0, 0.05) is 69.4 Å². The first-order valence-electron chi connectivity index (χ1n) is 10.6. The number of nitrogens with zero attached hydrogens (tertiary/aromatic N) is 4. The first kappa shape index (κ1) is 19.8. The van der Waals surface area contributed by atoms with E-state index in [0.717, 1.165) is 63.6 Å². The Labute approximate surface area is 172 Å². The van der Waals surface area contributed by atoms with E-state index < -0.39 is 0 Å². The molecule has 1 aromatic carbocycles. The Morgan fingerprint density at radius 2 is 2.21 bits per heavy atom. The van der Waals surface area contributed by atoms with Crippen LogP contribution < -0.4 is 4.74 Å². The molecule has 1 amide bonds. The summed E-state index contributed by atoms with van der Waals surface area (Å²) >= 11 is 0. The average molecular weight is 395 g/mol. The predicted molar refractivity (Wildman–Crippen MR) is 112 cm³/mol. The Morgan fingerprint density at radius 3 is 3.03 bits per heavy atom. The van der Waals surface area contributed by atoms with Gasteiger partial charge in [-0.2, -0.15) is 0 Å². The molecule has 1 aromatic heterocycles. The molecule has 1 fully saturated rings. The summed E-state index contributed by atoms with van der Waals surface area (Å²) in [6, 6.07) is 8.18. The summed E-state index contributed by atoms with van der Waals surface area (Å²) in [7, 11) is 0. The lowest BCUT2D eigenvalue weighted by Gasteiger charge is -2.32. The fourth-order valence-electron chi connectivity index (χ4n) is 4.25. The van der Waals surface area contributed by atoms with Crippen LogP contribution in [0.3, 0.4) is 0 Å². The van der Waals surface area contributed by atoms with Crippen molar-refractivity contribution in [2.24, 2.45) is 0 Å². The minimum Gasteiger partial charge on any atom is -0.492 e. The zero-order valence-electron chi connectivity index (χ0n) is 17.4. The van der Waals surface area contributed by atoms with Crippen molar-refractivity contribution in [3.05, 3.63) is 53.1 Å². The van der Waals surface area contributed by atoms with Crippen LogP contribution in [-0.2, 0) is 17.8 Å². The largest absolute Gasteiger partial charge is 0.492 e. The third kappa shape index (κ3) is 4.93. The van der Waals surface area contributed by atoms with E-state index in [0.29, 0.717) is 6.61 Å². The van der Waals surface area contributed by atoms with Crippen LogP contribution >= 0.6 is 0 Å². The van der Waals surface area contributed by atoms with E-state index in [2.05, 4.69) is 28.9 Å². The van der Waals surface area contributed by atoms with E-state index in [4.69, 9.17) is 9.72 Å². The van der Waals surface area contributed by atoms with Crippen LogP contribution in [0.15, 0.2) is 30.5 Å². The number of likely N-dealkylation sites (tertiary alicyclic amines) is 1. The zero-order valence-corrected chi connectivity index (χ0v) is 17.4. The molecule has 0 aliphatic carbocycles. The SMILES string of the molecule is CC(=O)N1CCC[C@@H](c2ncc3c(n2)CCN(CCOc2cccc(C)c2)C3)C1. The van der Waals surface area contributed by atoms with Crippen molar-refractivity contribution in [2.75, 3.05) is 32.8 Å². The molecule has 6 nitrogen and oxygen atoms in total. The van der Waals surface area contributed by atoms with Gasteiger partial charge in [-0.15, -0.1) is 0 Å². The number of amides is 1. The molecule has 29 heavy (non-hydrogen) atoms. The van der Waals surface area contributed by atoms with Gasteiger partial charge in [-0.3, -0.25) is 9.69 Å². The van der Waals surface area contributed by atoms with Crippen molar-refractivity contribution < 1.29 is 9.53 Å². The first-order chi connectivity index (χ1) is 14.1. The highest BCUT2D eigenvalue weighted by Gasteiger charge is 2.26. The molecule has 0 saturated carbocycles. The molecule has 4 rings (SSSR count). The van der Waals surface area contributed by atoms with Crippen LogP contribution in [0.2, 0.25) is 0 Å². The molecule has 1 saturated heterocycles. The van der Waals surface area contributed by atoms with E-state index in [9.17, 15) is 4.79 Å². The highest BCUT2D eigenvalue weighted by molar-refractivity contribution is 5.73. The maximum Gasteiger partial charge on any atom is 0.219 e. The number of aromatic nitrogens is 2. The van der Waals surface area contributed by atoms with Crippen molar-refractivity contribution in [3.63, 3.8) is 0 Å². The van der Waals surface area contributed by atoms with Gasteiger partial charge in [0.2, 0.25) is 5.91 Å². The molecule has 1 atom stereocenters. The number of piperidine rings is 1. The minimum absolute atomic E-state index is 0.149. The van der Waals surface area contributed by atoms with Gasteiger partial charge in [-0.05, 0) is 37.5 Å². The second kappa shape index (κ2) is 8.91. The summed E-state index contributed by atoms with van der Waals surface area (Å²) in [6.45, 7) is 8.77. The lowest BCUT2D eigenvalue weighted by Crippen LogP contribution is -2.38. The van der Waals surface area contributed by atoms with Gasteiger partial charge >= 0.3 is 0 Å². The molecule has 2 aliphatic rings. The van der Waals surface area contributed by atoms with Gasteiger partial charge in [-0.25, -0.2) is 9.97 Å². The van der Waals surface area contributed by atoms with Gasteiger partial charge in [0.15, 0.2) is 0 Å². The Balaban J connectivity index is 1.32. The molecule has 0 radical (unpaired) electrons. The van der Waals surface area contributed by atoms with Crippen LogP contribution in [0.4, 0.5) is 0 Å². The van der Waals surface area contributed by atoms with Crippen LogP contribution in [0.5, 0.6) is 5.75 Å². The highest BCUT2D eigenvalue weighted by Crippen LogP contribution is 2.26. The standard InChI is InChI=1S/C23H30N4O2/c1-17-5-3-7-21(13-17)29-12-11-26-10-8-22-20(15-26)14-24-23(25-22)19-6-4-9-27(16-19)18(2)28/h3,5,7,13-14,19H,4,6,8-12,15-16H2,1-2H3/t19-/m1/s1. The van der Waals surface area contributed by atoms with E-state index in [1.165, 1.54) is 16.8 Å². The molecule has 0 unspecified atom stereocenters. The molecular weight excluding hydrogens is 364 g/mol. The third-order valence-corrected chi connectivity index (χ3v) is 5.93. The second-order valence-electron chi connectivity index (χ2n) is 8.20. The Kier molecular flexibility index (Phi) is 6.09. The molecule has 2 aromatic rings. The molecule has 0 spiro atoms. The van der Waals surface area contributed by atoms with E-state index in [1.54, 1.807) is 6.92 Å². The summed E-state index contributed by atoms with van der Waals surface area (Å²) in [5.74, 6) is 2.25. The van der Waals surface area contributed by atoms with Gasteiger partial charge in [0.05, 0.1) is 0 Å². The number of hydrogen-bond acceptors (Lipinski definition) is 5. The smallest absolute Gasteiger partial charge is 0.219 e. The molecule has 6 heteroatoms. The second-order valence-corrected chi connectivity index (χ2v) is 8.20. The number of fused-ring (bicyclic) bond motifs is 1. The van der Waals surface area contributed by atoms with Gasteiger partial charge in [-0.1, -0.05) is 12.1 Å². The lowest BCUT2D eigenvalue weighted by atomic mass is 9.96. The van der Waals surface area contributed by atoms with Crippen molar-refractivity contribution >= 4 is 5.91 Å². The quantitative estimate of drug-likeness (QED) is 0.780. The summed E-state index contributed by atoms with van der Waals surface area (Å²) in [5, 5.41) is 0. The Morgan fingerprint density at radius 1 is 1.31 bits per heavy atom. The predicted octanol–water partition coefficient (Wildman–Crippen LogP) is 2.95. The summed E-state index contributed by atoms with van der Waals surface area (Å²) < 4.78 is 5.90. The zero-order chi connectivity index (χ0) is 20.2. The number of benzene rings is 1. The van der Waals surface area contributed by atoms with Crippen LogP contribution in [-0.4, -0.2) is 58.5 Å². The molecular formula is C23H30N4O2. The van der Waals surface area contributed by atoms with E-state index in [1.807, 2.05) is 23.2 Å². The van der Waals surface area contributed by atoms with E-state index in [-0.39, 0.29) is 11.8 Å². The van der Waals surface area contributed by atoms with Gasteiger partial charge in [0.1, 0.15) is 18.2 Å². The topological polar surface area (TPSA) is 58.6 Å². The van der Waals surface area contributed by atoms with Crippen molar-refractivity contribution in [1.29, 1.82) is 0 Å². The monoisotopic (exact) mass is 394 g/mol. The van der Waals surface area contributed by atoms with Crippen molar-refractivity contribution in [1.82, 2.24) is 19.8 Å². The number of carbonyl (C=O) groups is 1. The first-order valence-corrected chi connectivity index (χ1v) is 10.6. The van der Waals surface area contributed by atoms with Crippen molar-refractivity contribution in [2.45, 2.75) is 45.6 Å². The minimum atomic E-state index is 0.149. The maximum atomic E-state index is 11.7. The highest BCUT2D eigenvalue weighted by atomic mass is 16.5. The number of aryl methyl sites for hydroxylation is 1. The Bertz CT molecular complexity index is 870. The average Bonchev–Trinajstić information content (AvgIpc) is 2.73. The fraction of sp³-hybridized carbons (Fsp3) is 0.522. The maximum absolute atomic E-state index is 11.7.